The van der Waals surface area contributed by atoms with E-state index in [1.165, 1.54) is 84.9 Å². The Morgan fingerprint density at radius 3 is 1.76 bits per heavy atom. The molecular weight excluding hydrogens is 607 g/mol. The summed E-state index contributed by atoms with van der Waals surface area (Å²) in [6.45, 7) is 6.98. The first kappa shape index (κ1) is 24.8. The highest BCUT2D eigenvalue weighted by atomic mass is 127. The Morgan fingerprint density at radius 1 is 0.415 bits per heavy atom. The number of fused-ring (bicyclic) bond motifs is 8. The van der Waals surface area contributed by atoms with Crippen LogP contribution in [0.15, 0.2) is 121 Å². The van der Waals surface area contributed by atoms with Gasteiger partial charge in [0.1, 0.15) is 0 Å². The topological polar surface area (TPSA) is 0 Å². The Hall–Kier alpha value is -3.95. The molecule has 0 atom stereocenters. The zero-order valence-electron chi connectivity index (χ0n) is 23.4. The van der Waals surface area contributed by atoms with E-state index in [9.17, 15) is 0 Å². The zero-order valence-corrected chi connectivity index (χ0v) is 25.6. The van der Waals surface area contributed by atoms with Gasteiger partial charge < -0.3 is 0 Å². The van der Waals surface area contributed by atoms with E-state index in [0.29, 0.717) is 0 Å². The summed E-state index contributed by atoms with van der Waals surface area (Å²) < 4.78 is 1.27. The Bertz CT molecular complexity index is 2350. The number of hydrogen-bond acceptors (Lipinski definition) is 0. The molecule has 0 spiro atoms. The monoisotopic (exact) mass is 636 g/mol. The Morgan fingerprint density at radius 2 is 0.976 bits per heavy atom. The van der Waals surface area contributed by atoms with E-state index < -0.39 is 0 Å². The Balaban J connectivity index is 1.43. The third kappa shape index (κ3) is 4.01. The molecule has 0 unspecified atom stereocenters. The van der Waals surface area contributed by atoms with Crippen molar-refractivity contribution in [2.24, 2.45) is 0 Å². The van der Waals surface area contributed by atoms with Crippen LogP contribution in [-0.4, -0.2) is 0 Å². The summed E-state index contributed by atoms with van der Waals surface area (Å²) >= 11 is 2.42. The van der Waals surface area contributed by atoms with Gasteiger partial charge in [-0.05, 0) is 152 Å². The van der Waals surface area contributed by atoms with Crippen molar-refractivity contribution in [2.75, 3.05) is 0 Å². The summed E-state index contributed by atoms with van der Waals surface area (Å²) in [7, 11) is 0. The molecule has 8 rings (SSSR count). The van der Waals surface area contributed by atoms with Crippen molar-refractivity contribution >= 4 is 87.2 Å². The summed E-state index contributed by atoms with van der Waals surface area (Å²) in [4.78, 5) is 0. The minimum Gasteiger partial charge on any atom is -0.0616 e. The maximum atomic E-state index is 2.42. The van der Waals surface area contributed by atoms with E-state index in [2.05, 4.69) is 165 Å². The first-order valence-electron chi connectivity index (χ1n) is 14.3. The van der Waals surface area contributed by atoms with Crippen molar-refractivity contribution in [3.63, 3.8) is 0 Å². The van der Waals surface area contributed by atoms with Crippen LogP contribution in [0.4, 0.5) is 0 Å². The standard InChI is InChI=1S/C40H29I/c1-40(2,3)38-17-16-33-34(15-13-29-18-25-6-4-5-7-26(25)21-35(29)33)39(38)30-11-9-27-19-28-10-8-24-12-14-32(41)23-37(24)36(28)22-31(27)20-30/h4-23H,1-3H3. The SMILES string of the molecule is CC(C)(C)c1ccc2c(ccc3cc4ccccc4cc32)c1-c1ccc2cc3ccc4ccc(I)cc4c3cc2c1. The van der Waals surface area contributed by atoms with E-state index in [4.69, 9.17) is 0 Å². The van der Waals surface area contributed by atoms with Crippen LogP contribution >= 0.6 is 22.6 Å². The minimum absolute atomic E-state index is 0.00704. The Labute approximate surface area is 253 Å². The molecule has 0 aliphatic rings. The van der Waals surface area contributed by atoms with Crippen LogP contribution < -0.4 is 0 Å². The van der Waals surface area contributed by atoms with Gasteiger partial charge in [-0.2, -0.15) is 0 Å². The van der Waals surface area contributed by atoms with Gasteiger partial charge in [0.15, 0.2) is 0 Å². The van der Waals surface area contributed by atoms with Gasteiger partial charge in [0, 0.05) is 3.57 Å². The number of halogens is 1. The van der Waals surface area contributed by atoms with Crippen molar-refractivity contribution in [3.05, 3.63) is 130 Å². The maximum Gasteiger partial charge on any atom is 0.0136 e. The van der Waals surface area contributed by atoms with Gasteiger partial charge in [-0.3, -0.25) is 0 Å². The molecule has 1 heteroatoms. The summed E-state index contributed by atoms with van der Waals surface area (Å²) in [6, 6.07) is 45.8. The minimum atomic E-state index is 0.00704. The summed E-state index contributed by atoms with van der Waals surface area (Å²) in [5.41, 5.74) is 4.01. The predicted octanol–water partition coefficient (Wildman–Crippen LogP) is 12.2. The molecule has 0 nitrogen and oxygen atoms in total. The van der Waals surface area contributed by atoms with Crippen LogP contribution in [0.25, 0.3) is 75.8 Å². The van der Waals surface area contributed by atoms with Crippen molar-refractivity contribution in [1.82, 2.24) is 0 Å². The lowest BCUT2D eigenvalue weighted by Crippen LogP contribution is -2.13. The lowest BCUT2D eigenvalue weighted by molar-refractivity contribution is 0.593. The molecule has 0 saturated heterocycles. The fraction of sp³-hybridized carbons (Fsp3) is 0.100. The number of rotatable bonds is 1. The van der Waals surface area contributed by atoms with E-state index in [1.807, 2.05) is 0 Å². The fourth-order valence-electron chi connectivity index (χ4n) is 6.69. The second-order valence-corrected chi connectivity index (χ2v) is 13.6. The highest BCUT2D eigenvalue weighted by Gasteiger charge is 2.22. The molecule has 0 aromatic heterocycles. The summed E-state index contributed by atoms with van der Waals surface area (Å²) in [6.07, 6.45) is 0. The lowest BCUT2D eigenvalue weighted by atomic mass is 9.79. The maximum absolute atomic E-state index is 2.42. The average Bonchev–Trinajstić information content (AvgIpc) is 2.97. The van der Waals surface area contributed by atoms with E-state index in [0.717, 1.165) is 0 Å². The zero-order chi connectivity index (χ0) is 27.9. The molecule has 0 bridgehead atoms. The summed E-state index contributed by atoms with van der Waals surface area (Å²) in [5.74, 6) is 0. The van der Waals surface area contributed by atoms with Crippen LogP contribution in [0.1, 0.15) is 26.3 Å². The number of benzene rings is 8. The van der Waals surface area contributed by atoms with Crippen LogP contribution in [0.2, 0.25) is 0 Å². The summed E-state index contributed by atoms with van der Waals surface area (Å²) in [5, 5.41) is 15.6. The normalized spacial score (nSPS) is 12.4. The van der Waals surface area contributed by atoms with E-state index >= 15 is 0 Å². The predicted molar refractivity (Wildman–Crippen MR) is 188 cm³/mol. The molecule has 41 heavy (non-hydrogen) atoms. The van der Waals surface area contributed by atoms with Crippen LogP contribution in [-0.2, 0) is 5.41 Å². The second-order valence-electron chi connectivity index (χ2n) is 12.4. The van der Waals surface area contributed by atoms with Crippen LogP contribution in [0.5, 0.6) is 0 Å². The second kappa shape index (κ2) is 9.03. The van der Waals surface area contributed by atoms with Gasteiger partial charge in [0.2, 0.25) is 0 Å². The van der Waals surface area contributed by atoms with Gasteiger partial charge in [-0.25, -0.2) is 0 Å². The third-order valence-corrected chi connectivity index (χ3v) is 9.41. The molecule has 0 aliphatic heterocycles. The molecule has 0 saturated carbocycles. The van der Waals surface area contributed by atoms with Gasteiger partial charge in [-0.1, -0.05) is 99.6 Å². The molecule has 8 aromatic carbocycles. The molecule has 0 heterocycles. The molecule has 196 valence electrons. The molecule has 8 aromatic rings. The van der Waals surface area contributed by atoms with Crippen molar-refractivity contribution in [3.8, 4) is 11.1 Å². The first-order valence-corrected chi connectivity index (χ1v) is 15.4. The van der Waals surface area contributed by atoms with Crippen molar-refractivity contribution in [1.29, 1.82) is 0 Å². The molecule has 0 fully saturated rings. The average molecular weight is 637 g/mol. The molecule has 0 N–H and O–H groups in total. The van der Waals surface area contributed by atoms with Gasteiger partial charge in [0.05, 0.1) is 0 Å². The third-order valence-electron chi connectivity index (χ3n) is 8.74. The van der Waals surface area contributed by atoms with Crippen molar-refractivity contribution in [2.45, 2.75) is 26.2 Å². The van der Waals surface area contributed by atoms with Gasteiger partial charge in [-0.15, -0.1) is 0 Å². The highest BCUT2D eigenvalue weighted by molar-refractivity contribution is 14.1. The molecule has 0 aliphatic carbocycles. The lowest BCUT2D eigenvalue weighted by Gasteiger charge is -2.25. The largest absolute Gasteiger partial charge is 0.0616 e. The Kier molecular flexibility index (Phi) is 5.46. The number of hydrogen-bond donors (Lipinski definition) is 0. The van der Waals surface area contributed by atoms with Crippen LogP contribution in [0.3, 0.4) is 0 Å². The molecule has 0 radical (unpaired) electrons. The quantitative estimate of drug-likeness (QED) is 0.0956. The van der Waals surface area contributed by atoms with E-state index in [-0.39, 0.29) is 5.41 Å². The van der Waals surface area contributed by atoms with Crippen molar-refractivity contribution < 1.29 is 0 Å². The highest BCUT2D eigenvalue weighted by Crippen LogP contribution is 2.42. The van der Waals surface area contributed by atoms with Gasteiger partial charge >= 0.3 is 0 Å². The smallest absolute Gasteiger partial charge is 0.0136 e. The first-order chi connectivity index (χ1) is 19.8. The molecular formula is C40H29I. The van der Waals surface area contributed by atoms with E-state index in [1.54, 1.807) is 0 Å². The van der Waals surface area contributed by atoms with Gasteiger partial charge in [0.25, 0.3) is 0 Å². The fourth-order valence-corrected chi connectivity index (χ4v) is 7.19. The van der Waals surface area contributed by atoms with Crippen LogP contribution in [0, 0.1) is 3.57 Å². The molecule has 0 amide bonds.